The van der Waals surface area contributed by atoms with Gasteiger partial charge in [0.2, 0.25) is 5.91 Å². The Morgan fingerprint density at radius 2 is 2.05 bits per heavy atom. The number of sulfonamides is 1. The molecular weight excluding hydrogens is 419 g/mol. The van der Waals surface area contributed by atoms with E-state index >= 15 is 0 Å². The van der Waals surface area contributed by atoms with Crippen LogP contribution >= 0.6 is 38.9 Å². The predicted octanol–water partition coefficient (Wildman–Crippen LogP) is 3.22. The van der Waals surface area contributed by atoms with Gasteiger partial charge in [-0.05, 0) is 46.3 Å². The second kappa shape index (κ2) is 7.05. The fourth-order valence-corrected chi connectivity index (χ4v) is 4.71. The number of hydrogen-bond acceptors (Lipinski definition) is 4. The van der Waals surface area contributed by atoms with E-state index in [9.17, 15) is 17.6 Å². The predicted molar refractivity (Wildman–Crippen MR) is 87.2 cm³/mol. The van der Waals surface area contributed by atoms with Crippen molar-refractivity contribution in [2.45, 2.75) is 4.21 Å². The molecule has 1 aromatic heterocycles. The van der Waals surface area contributed by atoms with Crippen LogP contribution < -0.4 is 10.0 Å². The van der Waals surface area contributed by atoms with Gasteiger partial charge < -0.3 is 5.32 Å². The Morgan fingerprint density at radius 1 is 1.32 bits per heavy atom. The number of hydrogen-bond donors (Lipinski definition) is 2. The molecule has 22 heavy (non-hydrogen) atoms. The summed E-state index contributed by atoms with van der Waals surface area (Å²) < 4.78 is 39.7. The maximum Gasteiger partial charge on any atom is 0.250 e. The standard InChI is InChI=1S/C12H9BrClFN2O3S2/c13-10-3-4-12(21-10)22(19,20)16-6-11(18)17-9-2-1-7(15)5-8(9)14/h1-5,16H,6H2,(H,17,18). The van der Waals surface area contributed by atoms with Crippen molar-refractivity contribution in [2.24, 2.45) is 0 Å². The van der Waals surface area contributed by atoms with Crippen LogP contribution in [0.3, 0.4) is 0 Å². The molecule has 0 fully saturated rings. The van der Waals surface area contributed by atoms with Crippen LogP contribution in [0.25, 0.3) is 0 Å². The van der Waals surface area contributed by atoms with E-state index < -0.39 is 28.3 Å². The van der Waals surface area contributed by atoms with E-state index in [1.165, 1.54) is 12.1 Å². The Hall–Kier alpha value is -1.00. The lowest BCUT2D eigenvalue weighted by Gasteiger charge is -2.08. The number of benzene rings is 1. The summed E-state index contributed by atoms with van der Waals surface area (Å²) in [5, 5.41) is 2.42. The lowest BCUT2D eigenvalue weighted by Crippen LogP contribution is -2.32. The number of nitrogens with one attached hydrogen (secondary N) is 2. The van der Waals surface area contributed by atoms with Crippen LogP contribution in [0.1, 0.15) is 0 Å². The molecule has 1 aromatic carbocycles. The molecule has 0 radical (unpaired) electrons. The molecule has 2 aromatic rings. The van der Waals surface area contributed by atoms with Crippen LogP contribution in [-0.4, -0.2) is 20.9 Å². The molecule has 0 bridgehead atoms. The van der Waals surface area contributed by atoms with Crippen molar-refractivity contribution in [3.63, 3.8) is 0 Å². The third kappa shape index (κ3) is 4.50. The molecule has 0 aliphatic heterocycles. The zero-order chi connectivity index (χ0) is 16.3. The lowest BCUT2D eigenvalue weighted by atomic mass is 10.3. The highest BCUT2D eigenvalue weighted by atomic mass is 79.9. The van der Waals surface area contributed by atoms with Crippen LogP contribution in [0.4, 0.5) is 10.1 Å². The van der Waals surface area contributed by atoms with Gasteiger partial charge in [-0.25, -0.2) is 17.5 Å². The summed E-state index contributed by atoms with van der Waals surface area (Å²) in [6.45, 7) is -0.467. The minimum absolute atomic E-state index is 0.0263. The molecule has 0 aliphatic rings. The third-order valence-electron chi connectivity index (χ3n) is 2.44. The molecule has 0 saturated carbocycles. The molecule has 1 amide bonds. The number of anilines is 1. The summed E-state index contributed by atoms with van der Waals surface area (Å²) in [6, 6.07) is 6.49. The highest BCUT2D eigenvalue weighted by Crippen LogP contribution is 2.26. The van der Waals surface area contributed by atoms with Crippen molar-refractivity contribution in [2.75, 3.05) is 11.9 Å². The lowest BCUT2D eigenvalue weighted by molar-refractivity contribution is -0.115. The molecule has 118 valence electrons. The van der Waals surface area contributed by atoms with Crippen molar-refractivity contribution in [1.82, 2.24) is 4.72 Å². The zero-order valence-electron chi connectivity index (χ0n) is 10.8. The first-order valence-electron chi connectivity index (χ1n) is 5.78. The summed E-state index contributed by atoms with van der Waals surface area (Å²) in [5.74, 6) is -1.15. The Labute approximate surface area is 143 Å². The number of thiophene rings is 1. The summed E-state index contributed by atoms with van der Waals surface area (Å²) in [5.41, 5.74) is 0.200. The summed E-state index contributed by atoms with van der Waals surface area (Å²) in [4.78, 5) is 11.7. The first kappa shape index (κ1) is 17.4. The van der Waals surface area contributed by atoms with E-state index in [-0.39, 0.29) is 14.9 Å². The van der Waals surface area contributed by atoms with E-state index in [0.29, 0.717) is 3.79 Å². The number of amides is 1. The Balaban J connectivity index is 1.98. The molecule has 0 unspecified atom stereocenters. The van der Waals surface area contributed by atoms with Crippen molar-refractivity contribution < 1.29 is 17.6 Å². The van der Waals surface area contributed by atoms with Crippen LogP contribution in [-0.2, 0) is 14.8 Å². The van der Waals surface area contributed by atoms with Crippen molar-refractivity contribution in [3.05, 3.63) is 45.0 Å². The topological polar surface area (TPSA) is 75.3 Å². The van der Waals surface area contributed by atoms with E-state index in [4.69, 9.17) is 11.6 Å². The van der Waals surface area contributed by atoms with Gasteiger partial charge in [-0.3, -0.25) is 4.79 Å². The van der Waals surface area contributed by atoms with Gasteiger partial charge in [0, 0.05) is 0 Å². The molecule has 0 saturated heterocycles. The quantitative estimate of drug-likeness (QED) is 0.769. The van der Waals surface area contributed by atoms with Crippen molar-refractivity contribution in [3.8, 4) is 0 Å². The third-order valence-corrected chi connectivity index (χ3v) is 6.27. The summed E-state index contributed by atoms with van der Waals surface area (Å²) >= 11 is 9.96. The average molecular weight is 428 g/mol. The van der Waals surface area contributed by atoms with Gasteiger partial charge in [0.15, 0.2) is 0 Å². The van der Waals surface area contributed by atoms with Gasteiger partial charge in [0.1, 0.15) is 10.0 Å². The second-order valence-corrected chi connectivity index (χ2v) is 8.92. The summed E-state index contributed by atoms with van der Waals surface area (Å²) in [6.07, 6.45) is 0. The monoisotopic (exact) mass is 426 g/mol. The molecule has 0 atom stereocenters. The Morgan fingerprint density at radius 3 is 2.64 bits per heavy atom. The SMILES string of the molecule is O=C(CNS(=O)(=O)c1ccc(Br)s1)Nc1ccc(F)cc1Cl. The molecular formula is C12H9BrClFN2O3S2. The molecule has 1 heterocycles. The van der Waals surface area contributed by atoms with Gasteiger partial charge in [0.05, 0.1) is 21.0 Å². The minimum atomic E-state index is -3.76. The van der Waals surface area contributed by atoms with Crippen LogP contribution in [0.5, 0.6) is 0 Å². The first-order chi connectivity index (χ1) is 10.3. The Bertz CT molecular complexity index is 810. The minimum Gasteiger partial charge on any atom is -0.324 e. The summed E-state index contributed by atoms with van der Waals surface area (Å²) in [7, 11) is -3.76. The van der Waals surface area contributed by atoms with Gasteiger partial charge >= 0.3 is 0 Å². The fourth-order valence-electron chi connectivity index (χ4n) is 1.46. The number of rotatable bonds is 5. The average Bonchev–Trinajstić information content (AvgIpc) is 2.87. The van der Waals surface area contributed by atoms with Gasteiger partial charge in [-0.1, -0.05) is 11.6 Å². The van der Waals surface area contributed by atoms with Crippen LogP contribution in [0.15, 0.2) is 38.3 Å². The normalized spacial score (nSPS) is 11.4. The molecule has 5 nitrogen and oxygen atoms in total. The van der Waals surface area contributed by atoms with E-state index in [0.717, 1.165) is 23.5 Å². The van der Waals surface area contributed by atoms with Crippen LogP contribution in [0, 0.1) is 5.82 Å². The Kier molecular flexibility index (Phi) is 5.56. The smallest absolute Gasteiger partial charge is 0.250 e. The van der Waals surface area contributed by atoms with Crippen molar-refractivity contribution >= 4 is 60.5 Å². The zero-order valence-corrected chi connectivity index (χ0v) is 14.7. The fraction of sp³-hybridized carbons (Fsp3) is 0.0833. The van der Waals surface area contributed by atoms with Gasteiger partial charge in [-0.2, -0.15) is 0 Å². The van der Waals surface area contributed by atoms with E-state index in [1.807, 2.05) is 0 Å². The van der Waals surface area contributed by atoms with Gasteiger partial charge in [-0.15, -0.1) is 11.3 Å². The number of carbonyl (C=O) groups excluding carboxylic acids is 1. The molecule has 10 heteroatoms. The number of halogens is 3. The maximum absolute atomic E-state index is 12.9. The molecule has 0 spiro atoms. The molecule has 2 rings (SSSR count). The molecule has 0 aliphatic carbocycles. The van der Waals surface area contributed by atoms with Crippen molar-refractivity contribution in [1.29, 1.82) is 0 Å². The van der Waals surface area contributed by atoms with E-state index in [2.05, 4.69) is 26.0 Å². The maximum atomic E-state index is 12.9. The number of carbonyl (C=O) groups is 1. The first-order valence-corrected chi connectivity index (χ1v) is 9.25. The second-order valence-electron chi connectivity index (χ2n) is 4.06. The largest absolute Gasteiger partial charge is 0.324 e. The van der Waals surface area contributed by atoms with Crippen LogP contribution in [0.2, 0.25) is 5.02 Å². The molecule has 2 N–H and O–H groups in total. The van der Waals surface area contributed by atoms with E-state index in [1.54, 1.807) is 6.07 Å². The highest BCUT2D eigenvalue weighted by molar-refractivity contribution is 9.11. The highest BCUT2D eigenvalue weighted by Gasteiger charge is 2.18. The van der Waals surface area contributed by atoms with Gasteiger partial charge in [0.25, 0.3) is 10.0 Å².